The van der Waals surface area contributed by atoms with Crippen LogP contribution in [0.15, 0.2) is 12.1 Å². The molecule has 0 aliphatic carbocycles. The van der Waals surface area contributed by atoms with Gasteiger partial charge in [0.05, 0.1) is 12.0 Å². The van der Waals surface area contributed by atoms with Crippen LogP contribution in [0.4, 0.5) is 10.5 Å². The summed E-state index contributed by atoms with van der Waals surface area (Å²) >= 11 is 0. The van der Waals surface area contributed by atoms with E-state index in [-0.39, 0.29) is 30.2 Å². The third-order valence-electron chi connectivity index (χ3n) is 2.36. The van der Waals surface area contributed by atoms with Gasteiger partial charge in [0.15, 0.2) is 0 Å². The van der Waals surface area contributed by atoms with Gasteiger partial charge in [0.2, 0.25) is 5.88 Å². The standard InChI is InChI=1S/C13H19N3O5/c1-13(2,3)21-12(17)14-8-7-9-10(16(18)19)5-6-11(15-9)20-4/h5-6H,7-8H2,1-4H3,(H,14,17). The van der Waals surface area contributed by atoms with Gasteiger partial charge in [-0.05, 0) is 20.8 Å². The van der Waals surface area contributed by atoms with Crippen molar-refractivity contribution in [1.29, 1.82) is 0 Å². The second kappa shape index (κ2) is 6.87. The molecule has 0 aliphatic heterocycles. The average Bonchev–Trinajstić information content (AvgIpc) is 2.36. The topological polar surface area (TPSA) is 104 Å². The fraction of sp³-hybridized carbons (Fsp3) is 0.538. The Morgan fingerprint density at radius 1 is 1.43 bits per heavy atom. The number of ether oxygens (including phenoxy) is 2. The number of hydrogen-bond donors (Lipinski definition) is 1. The van der Waals surface area contributed by atoms with Crippen LogP contribution < -0.4 is 10.1 Å². The van der Waals surface area contributed by atoms with Gasteiger partial charge in [-0.3, -0.25) is 10.1 Å². The number of rotatable bonds is 5. The average molecular weight is 297 g/mol. The van der Waals surface area contributed by atoms with Crippen LogP contribution in [-0.2, 0) is 11.2 Å². The van der Waals surface area contributed by atoms with Crippen molar-refractivity contribution in [3.8, 4) is 5.88 Å². The van der Waals surface area contributed by atoms with Gasteiger partial charge in [-0.2, -0.15) is 0 Å². The van der Waals surface area contributed by atoms with Gasteiger partial charge >= 0.3 is 6.09 Å². The third kappa shape index (κ3) is 5.64. The maximum absolute atomic E-state index is 11.5. The third-order valence-corrected chi connectivity index (χ3v) is 2.36. The van der Waals surface area contributed by atoms with E-state index in [2.05, 4.69) is 10.3 Å². The highest BCUT2D eigenvalue weighted by Crippen LogP contribution is 2.20. The minimum absolute atomic E-state index is 0.109. The normalized spacial score (nSPS) is 10.9. The largest absolute Gasteiger partial charge is 0.481 e. The molecule has 0 unspecified atom stereocenters. The summed E-state index contributed by atoms with van der Waals surface area (Å²) in [5, 5.41) is 13.4. The Bertz CT molecular complexity index is 525. The van der Waals surface area contributed by atoms with Gasteiger partial charge in [0.1, 0.15) is 11.3 Å². The molecule has 0 saturated heterocycles. The number of nitro groups is 1. The molecule has 1 aromatic rings. The Hall–Kier alpha value is -2.38. The highest BCUT2D eigenvalue weighted by atomic mass is 16.6. The highest BCUT2D eigenvalue weighted by Gasteiger charge is 2.18. The lowest BCUT2D eigenvalue weighted by atomic mass is 10.2. The number of pyridine rings is 1. The highest BCUT2D eigenvalue weighted by molar-refractivity contribution is 5.67. The number of nitrogens with one attached hydrogen (secondary N) is 1. The number of hydrogen-bond acceptors (Lipinski definition) is 6. The summed E-state index contributed by atoms with van der Waals surface area (Å²) in [4.78, 5) is 25.9. The van der Waals surface area contributed by atoms with Gasteiger partial charge < -0.3 is 14.8 Å². The Labute approximate surface area is 122 Å². The molecule has 0 atom stereocenters. The molecule has 0 radical (unpaired) electrons. The van der Waals surface area contributed by atoms with E-state index < -0.39 is 16.6 Å². The van der Waals surface area contributed by atoms with Crippen molar-refractivity contribution in [2.75, 3.05) is 13.7 Å². The molecule has 1 rings (SSSR count). The van der Waals surface area contributed by atoms with E-state index in [9.17, 15) is 14.9 Å². The molecule has 116 valence electrons. The number of aromatic nitrogens is 1. The lowest BCUT2D eigenvalue weighted by Crippen LogP contribution is -2.33. The Morgan fingerprint density at radius 3 is 2.62 bits per heavy atom. The zero-order chi connectivity index (χ0) is 16.0. The molecule has 0 bridgehead atoms. The van der Waals surface area contributed by atoms with E-state index in [0.29, 0.717) is 0 Å². The summed E-state index contributed by atoms with van der Waals surface area (Å²) < 4.78 is 10.0. The molecule has 8 heteroatoms. The van der Waals surface area contributed by atoms with Crippen LogP contribution in [0.1, 0.15) is 26.5 Å². The van der Waals surface area contributed by atoms with E-state index in [1.54, 1.807) is 20.8 Å². The maximum atomic E-state index is 11.5. The van der Waals surface area contributed by atoms with Crippen molar-refractivity contribution in [2.45, 2.75) is 32.8 Å². The predicted molar refractivity (Wildman–Crippen MR) is 75.4 cm³/mol. The second-order valence-electron chi connectivity index (χ2n) is 5.26. The van der Waals surface area contributed by atoms with Gasteiger partial charge in [0.25, 0.3) is 5.69 Å². The van der Waals surface area contributed by atoms with Crippen LogP contribution in [0.2, 0.25) is 0 Å². The molecule has 0 spiro atoms. The van der Waals surface area contributed by atoms with Crippen molar-refractivity contribution in [1.82, 2.24) is 10.3 Å². The van der Waals surface area contributed by atoms with E-state index in [1.165, 1.54) is 19.2 Å². The molecule has 8 nitrogen and oxygen atoms in total. The molecule has 1 aromatic heterocycles. The molecule has 21 heavy (non-hydrogen) atoms. The summed E-state index contributed by atoms with van der Waals surface area (Å²) in [6.07, 6.45) is -0.375. The zero-order valence-corrected chi connectivity index (χ0v) is 12.5. The van der Waals surface area contributed by atoms with Gasteiger partial charge in [-0.25, -0.2) is 9.78 Å². The summed E-state index contributed by atoms with van der Waals surface area (Å²) in [7, 11) is 1.43. The minimum atomic E-state index is -0.593. The van der Waals surface area contributed by atoms with Crippen LogP contribution >= 0.6 is 0 Å². The van der Waals surface area contributed by atoms with E-state index in [1.807, 2.05) is 0 Å². The number of nitrogens with zero attached hydrogens (tertiary/aromatic N) is 2. The molecule has 1 amide bonds. The maximum Gasteiger partial charge on any atom is 0.407 e. The van der Waals surface area contributed by atoms with Gasteiger partial charge in [-0.15, -0.1) is 0 Å². The lowest BCUT2D eigenvalue weighted by molar-refractivity contribution is -0.385. The summed E-state index contributed by atoms with van der Waals surface area (Å²) in [5.74, 6) is 0.285. The van der Waals surface area contributed by atoms with E-state index in [0.717, 1.165) is 0 Å². The first-order valence-electron chi connectivity index (χ1n) is 6.38. The summed E-state index contributed by atoms with van der Waals surface area (Å²) in [6.45, 7) is 5.43. The minimum Gasteiger partial charge on any atom is -0.481 e. The second-order valence-corrected chi connectivity index (χ2v) is 5.26. The van der Waals surface area contributed by atoms with E-state index in [4.69, 9.17) is 9.47 Å². The molecule has 1 heterocycles. The van der Waals surface area contributed by atoms with Crippen LogP contribution in [0.5, 0.6) is 5.88 Å². The fourth-order valence-corrected chi connectivity index (χ4v) is 1.54. The Kier molecular flexibility index (Phi) is 5.45. The molecule has 0 aromatic carbocycles. The monoisotopic (exact) mass is 297 g/mol. The predicted octanol–water partition coefficient (Wildman–Crippen LogP) is 2.07. The number of alkyl carbamates (subject to hydrolysis) is 1. The van der Waals surface area contributed by atoms with Crippen molar-refractivity contribution >= 4 is 11.8 Å². The molecule has 0 aliphatic rings. The Morgan fingerprint density at radius 2 is 2.10 bits per heavy atom. The molecule has 0 saturated carbocycles. The van der Waals surface area contributed by atoms with Crippen LogP contribution in [-0.4, -0.2) is 35.3 Å². The van der Waals surface area contributed by atoms with Crippen molar-refractivity contribution in [3.63, 3.8) is 0 Å². The quantitative estimate of drug-likeness (QED) is 0.659. The van der Waals surface area contributed by atoms with E-state index >= 15 is 0 Å². The SMILES string of the molecule is COc1ccc([N+](=O)[O-])c(CCNC(=O)OC(C)(C)C)n1. The van der Waals surface area contributed by atoms with Crippen molar-refractivity contribution < 1.29 is 19.2 Å². The van der Waals surface area contributed by atoms with Crippen LogP contribution in [0.3, 0.4) is 0 Å². The first kappa shape index (κ1) is 16.7. The molecule has 0 fully saturated rings. The lowest BCUT2D eigenvalue weighted by Gasteiger charge is -2.19. The summed E-state index contributed by atoms with van der Waals surface area (Å²) in [6, 6.07) is 2.75. The molecular weight excluding hydrogens is 278 g/mol. The number of carbonyl (C=O) groups is 1. The fourth-order valence-electron chi connectivity index (χ4n) is 1.54. The van der Waals surface area contributed by atoms with Gasteiger partial charge in [-0.1, -0.05) is 0 Å². The molecular formula is C13H19N3O5. The molecule has 1 N–H and O–H groups in total. The zero-order valence-electron chi connectivity index (χ0n) is 12.5. The first-order chi connectivity index (χ1) is 9.73. The smallest absolute Gasteiger partial charge is 0.407 e. The number of amides is 1. The summed E-state index contributed by atoms with van der Waals surface area (Å²) in [5.41, 5.74) is -0.457. The van der Waals surface area contributed by atoms with Gasteiger partial charge in [0, 0.05) is 25.1 Å². The van der Waals surface area contributed by atoms with Crippen LogP contribution in [0.25, 0.3) is 0 Å². The van der Waals surface area contributed by atoms with Crippen molar-refractivity contribution in [2.24, 2.45) is 0 Å². The number of carbonyl (C=O) groups excluding carboxylic acids is 1. The number of methoxy groups -OCH3 is 1. The Balaban J connectivity index is 2.66. The van der Waals surface area contributed by atoms with Crippen molar-refractivity contribution in [3.05, 3.63) is 27.9 Å². The first-order valence-corrected chi connectivity index (χ1v) is 6.38. The van der Waals surface area contributed by atoms with Crippen LogP contribution in [0, 0.1) is 10.1 Å².